The summed E-state index contributed by atoms with van der Waals surface area (Å²) < 4.78 is 0. The Labute approximate surface area is 190 Å². The Morgan fingerprint density at radius 3 is 2.68 bits per heavy atom. The standard InChI is InChI=1S/C21H32N4OS.HI/c1-22-21(23-13-7-15-27-19-10-3-2-4-11-19)24-18-12-14-25(16-18)20(26)17-8-5-6-9-17;/h2-4,10-11,17-18H,5-9,12-16H2,1H3,(H2,22,23,24);1H. The lowest BCUT2D eigenvalue weighted by molar-refractivity contribution is -0.134. The van der Waals surface area contributed by atoms with Gasteiger partial charge in [-0.05, 0) is 43.6 Å². The molecule has 0 bridgehead atoms. The second-order valence-corrected chi connectivity index (χ2v) is 8.58. The van der Waals surface area contributed by atoms with Gasteiger partial charge in [-0.1, -0.05) is 31.0 Å². The van der Waals surface area contributed by atoms with Crippen molar-refractivity contribution in [2.45, 2.75) is 49.5 Å². The molecule has 3 rings (SSSR count). The van der Waals surface area contributed by atoms with Crippen LogP contribution in [0.15, 0.2) is 40.2 Å². The van der Waals surface area contributed by atoms with Gasteiger partial charge in [-0.2, -0.15) is 0 Å². The Balaban J connectivity index is 0.00000280. The fourth-order valence-corrected chi connectivity index (χ4v) is 4.76. The number of carbonyl (C=O) groups excluding carboxylic acids is 1. The minimum Gasteiger partial charge on any atom is -0.356 e. The van der Waals surface area contributed by atoms with E-state index in [-0.39, 0.29) is 29.9 Å². The van der Waals surface area contributed by atoms with Gasteiger partial charge in [-0.3, -0.25) is 9.79 Å². The second-order valence-electron chi connectivity index (χ2n) is 7.41. The predicted molar refractivity (Wildman–Crippen MR) is 129 cm³/mol. The molecule has 5 nitrogen and oxygen atoms in total. The molecule has 1 aliphatic carbocycles. The van der Waals surface area contributed by atoms with Crippen LogP contribution in [0.3, 0.4) is 0 Å². The number of nitrogens with zero attached hydrogens (tertiary/aromatic N) is 2. The number of nitrogens with one attached hydrogen (secondary N) is 2. The third-order valence-electron chi connectivity index (χ3n) is 5.39. The van der Waals surface area contributed by atoms with Crippen molar-refractivity contribution in [3.63, 3.8) is 0 Å². The van der Waals surface area contributed by atoms with Crippen LogP contribution in [0.25, 0.3) is 0 Å². The number of aliphatic imine (C=N–C) groups is 1. The highest BCUT2D eigenvalue weighted by Gasteiger charge is 2.32. The summed E-state index contributed by atoms with van der Waals surface area (Å²) in [7, 11) is 1.81. The minimum atomic E-state index is 0. The summed E-state index contributed by atoms with van der Waals surface area (Å²) in [5.41, 5.74) is 0. The molecule has 1 amide bonds. The summed E-state index contributed by atoms with van der Waals surface area (Å²) in [6.45, 7) is 2.58. The van der Waals surface area contributed by atoms with Gasteiger partial charge in [0.05, 0.1) is 0 Å². The van der Waals surface area contributed by atoms with Gasteiger partial charge < -0.3 is 15.5 Å². The lowest BCUT2D eigenvalue weighted by atomic mass is 10.1. The van der Waals surface area contributed by atoms with E-state index in [2.05, 4.69) is 44.8 Å². The molecule has 1 aromatic rings. The first kappa shape index (κ1) is 23.3. The highest BCUT2D eigenvalue weighted by molar-refractivity contribution is 14.0. The van der Waals surface area contributed by atoms with E-state index >= 15 is 0 Å². The molecule has 1 atom stereocenters. The van der Waals surface area contributed by atoms with E-state index in [1.807, 2.05) is 24.9 Å². The molecule has 28 heavy (non-hydrogen) atoms. The van der Waals surface area contributed by atoms with Gasteiger partial charge in [-0.15, -0.1) is 35.7 Å². The molecule has 2 fully saturated rings. The molecule has 1 unspecified atom stereocenters. The fraction of sp³-hybridized carbons (Fsp3) is 0.619. The maximum atomic E-state index is 12.6. The summed E-state index contributed by atoms with van der Waals surface area (Å²) in [4.78, 5) is 20.3. The van der Waals surface area contributed by atoms with Gasteiger partial charge in [0.1, 0.15) is 0 Å². The highest BCUT2D eigenvalue weighted by Crippen LogP contribution is 2.27. The number of thioether (sulfide) groups is 1. The second kappa shape index (κ2) is 12.6. The Hall–Kier alpha value is -0.960. The van der Waals surface area contributed by atoms with E-state index < -0.39 is 0 Å². The van der Waals surface area contributed by atoms with Gasteiger partial charge in [0.25, 0.3) is 0 Å². The van der Waals surface area contributed by atoms with Gasteiger partial charge >= 0.3 is 0 Å². The zero-order valence-corrected chi connectivity index (χ0v) is 19.9. The molecule has 2 aliphatic rings. The first-order valence-electron chi connectivity index (χ1n) is 10.2. The van der Waals surface area contributed by atoms with Crippen LogP contribution in [0, 0.1) is 5.92 Å². The van der Waals surface area contributed by atoms with Crippen LogP contribution in [-0.2, 0) is 4.79 Å². The van der Waals surface area contributed by atoms with Crippen molar-refractivity contribution in [3.8, 4) is 0 Å². The van der Waals surface area contributed by atoms with Gasteiger partial charge in [-0.25, -0.2) is 0 Å². The SMILES string of the molecule is CN=C(NCCCSc1ccccc1)NC1CCN(C(=O)C2CCCC2)C1.I. The molecule has 1 saturated carbocycles. The summed E-state index contributed by atoms with van der Waals surface area (Å²) in [6, 6.07) is 10.8. The topological polar surface area (TPSA) is 56.7 Å². The van der Waals surface area contributed by atoms with Crippen molar-refractivity contribution in [3.05, 3.63) is 30.3 Å². The van der Waals surface area contributed by atoms with Crippen LogP contribution in [-0.4, -0.2) is 55.2 Å². The van der Waals surface area contributed by atoms with Crippen LogP contribution in [0.5, 0.6) is 0 Å². The minimum absolute atomic E-state index is 0. The van der Waals surface area contributed by atoms with Crippen molar-refractivity contribution in [2.24, 2.45) is 10.9 Å². The Morgan fingerprint density at radius 2 is 1.96 bits per heavy atom. The van der Waals surface area contributed by atoms with Crippen LogP contribution in [0.4, 0.5) is 0 Å². The molecular formula is C21H33IN4OS. The van der Waals surface area contributed by atoms with Crippen LogP contribution < -0.4 is 10.6 Å². The Morgan fingerprint density at radius 1 is 1.21 bits per heavy atom. The third kappa shape index (κ3) is 7.13. The van der Waals surface area contributed by atoms with Crippen LogP contribution >= 0.6 is 35.7 Å². The maximum Gasteiger partial charge on any atom is 0.225 e. The summed E-state index contributed by atoms with van der Waals surface area (Å²) in [5.74, 6) is 2.59. The first-order valence-corrected chi connectivity index (χ1v) is 11.2. The van der Waals surface area contributed by atoms with Crippen molar-refractivity contribution in [1.82, 2.24) is 15.5 Å². The van der Waals surface area contributed by atoms with E-state index in [1.165, 1.54) is 17.7 Å². The molecule has 1 heterocycles. The molecule has 0 spiro atoms. The summed E-state index contributed by atoms with van der Waals surface area (Å²) in [5, 5.41) is 6.89. The number of halogens is 1. The largest absolute Gasteiger partial charge is 0.356 e. The monoisotopic (exact) mass is 516 g/mol. The molecule has 2 N–H and O–H groups in total. The molecule has 1 aromatic carbocycles. The van der Waals surface area contributed by atoms with Gasteiger partial charge in [0.2, 0.25) is 5.91 Å². The molecule has 1 saturated heterocycles. The Kier molecular flexibility index (Phi) is 10.5. The van der Waals surface area contributed by atoms with Crippen molar-refractivity contribution >= 4 is 47.6 Å². The lowest BCUT2D eigenvalue weighted by Gasteiger charge is -2.21. The van der Waals surface area contributed by atoms with E-state index in [0.29, 0.717) is 11.9 Å². The first-order chi connectivity index (χ1) is 13.3. The number of rotatable bonds is 7. The molecule has 0 radical (unpaired) electrons. The molecule has 156 valence electrons. The van der Waals surface area contributed by atoms with Crippen LogP contribution in [0.2, 0.25) is 0 Å². The van der Waals surface area contributed by atoms with E-state index in [4.69, 9.17) is 0 Å². The fourth-order valence-electron chi connectivity index (χ4n) is 3.88. The smallest absolute Gasteiger partial charge is 0.225 e. The number of carbonyl (C=O) groups is 1. The van der Waals surface area contributed by atoms with Crippen LogP contribution in [0.1, 0.15) is 38.5 Å². The van der Waals surface area contributed by atoms with Crippen molar-refractivity contribution in [1.29, 1.82) is 0 Å². The van der Waals surface area contributed by atoms with E-state index in [9.17, 15) is 4.79 Å². The zero-order chi connectivity index (χ0) is 18.9. The molecule has 7 heteroatoms. The molecule has 0 aromatic heterocycles. The predicted octanol–water partition coefficient (Wildman–Crippen LogP) is 3.74. The number of guanidine groups is 1. The lowest BCUT2D eigenvalue weighted by Crippen LogP contribution is -2.45. The number of hydrogen-bond donors (Lipinski definition) is 2. The summed E-state index contributed by atoms with van der Waals surface area (Å²) >= 11 is 1.88. The maximum absolute atomic E-state index is 12.6. The Bertz CT molecular complexity index is 622. The summed E-state index contributed by atoms with van der Waals surface area (Å²) in [6.07, 6.45) is 6.67. The van der Waals surface area contributed by atoms with Gasteiger partial charge in [0, 0.05) is 43.5 Å². The average Bonchev–Trinajstić information content (AvgIpc) is 3.39. The number of benzene rings is 1. The third-order valence-corrected chi connectivity index (χ3v) is 6.49. The number of amides is 1. The number of likely N-dealkylation sites (tertiary alicyclic amines) is 1. The average molecular weight is 516 g/mol. The zero-order valence-electron chi connectivity index (χ0n) is 16.7. The normalized spacial score (nSPS) is 20.1. The molecule has 1 aliphatic heterocycles. The quantitative estimate of drug-likeness (QED) is 0.191. The number of hydrogen-bond acceptors (Lipinski definition) is 3. The van der Waals surface area contributed by atoms with Crippen molar-refractivity contribution < 1.29 is 4.79 Å². The van der Waals surface area contributed by atoms with E-state index in [1.54, 1.807) is 0 Å². The van der Waals surface area contributed by atoms with E-state index in [0.717, 1.165) is 57.0 Å². The van der Waals surface area contributed by atoms with Crippen molar-refractivity contribution in [2.75, 3.05) is 32.4 Å². The highest BCUT2D eigenvalue weighted by atomic mass is 127. The molecular weight excluding hydrogens is 483 g/mol. The van der Waals surface area contributed by atoms with Gasteiger partial charge in [0.15, 0.2) is 5.96 Å².